The van der Waals surface area contributed by atoms with Crippen LogP contribution in [0.3, 0.4) is 0 Å². The van der Waals surface area contributed by atoms with Gasteiger partial charge in [-0.05, 0) is 24.1 Å². The number of nitrogens with one attached hydrogen (secondary N) is 2. The number of ether oxygens (including phenoxy) is 2. The van der Waals surface area contributed by atoms with Gasteiger partial charge in [-0.3, -0.25) is 9.59 Å². The monoisotopic (exact) mass is 348 g/mol. The summed E-state index contributed by atoms with van der Waals surface area (Å²) in [7, 11) is 3.02. The Bertz CT molecular complexity index is 576. The summed E-state index contributed by atoms with van der Waals surface area (Å²) < 4.78 is 46.1. The van der Waals surface area contributed by atoms with Gasteiger partial charge in [0.25, 0.3) is 0 Å². The Morgan fingerprint density at radius 2 is 1.67 bits per heavy atom. The molecule has 0 heterocycles. The molecule has 0 aromatic heterocycles. The van der Waals surface area contributed by atoms with Crippen LogP contribution in [-0.4, -0.2) is 45.3 Å². The summed E-state index contributed by atoms with van der Waals surface area (Å²) >= 11 is 0. The van der Waals surface area contributed by atoms with Gasteiger partial charge in [-0.15, -0.1) is 0 Å². The standard InChI is InChI=1S/C15H19F3N2O4/c1-23-11-5-3-10(9-12(11)24-2)4-6-13(21)19-7-8-20-14(22)15(16,17)18/h3,5,9H,4,6-8H2,1-2H3,(H,19,21)(H,20,22). The predicted octanol–water partition coefficient (Wildman–Crippen LogP) is 1.43. The molecule has 0 unspecified atom stereocenters. The molecule has 0 saturated heterocycles. The second-order valence-electron chi connectivity index (χ2n) is 4.79. The van der Waals surface area contributed by atoms with Crippen LogP contribution in [0.5, 0.6) is 11.5 Å². The van der Waals surface area contributed by atoms with Gasteiger partial charge in [-0.25, -0.2) is 0 Å². The number of alkyl halides is 3. The fourth-order valence-electron chi connectivity index (χ4n) is 1.86. The second kappa shape index (κ2) is 8.99. The van der Waals surface area contributed by atoms with Gasteiger partial charge in [0.2, 0.25) is 5.91 Å². The molecule has 0 saturated carbocycles. The maximum absolute atomic E-state index is 11.9. The number of rotatable bonds is 8. The average molecular weight is 348 g/mol. The lowest BCUT2D eigenvalue weighted by molar-refractivity contribution is -0.173. The largest absolute Gasteiger partial charge is 0.493 e. The molecule has 0 atom stereocenters. The maximum atomic E-state index is 11.9. The summed E-state index contributed by atoms with van der Waals surface area (Å²) in [6.45, 7) is -0.368. The summed E-state index contributed by atoms with van der Waals surface area (Å²) in [5.41, 5.74) is 0.855. The number of aryl methyl sites for hydroxylation is 1. The molecule has 1 aromatic carbocycles. The molecule has 6 nitrogen and oxygen atoms in total. The number of carbonyl (C=O) groups is 2. The Labute approximate surface area is 137 Å². The molecule has 0 bridgehead atoms. The van der Waals surface area contributed by atoms with E-state index in [1.54, 1.807) is 23.5 Å². The van der Waals surface area contributed by atoms with Gasteiger partial charge in [-0.2, -0.15) is 13.2 Å². The number of benzene rings is 1. The van der Waals surface area contributed by atoms with Crippen LogP contribution in [0.2, 0.25) is 0 Å². The van der Waals surface area contributed by atoms with E-state index in [-0.39, 0.29) is 25.4 Å². The highest BCUT2D eigenvalue weighted by Crippen LogP contribution is 2.27. The Morgan fingerprint density at radius 3 is 2.25 bits per heavy atom. The molecule has 1 aromatic rings. The average Bonchev–Trinajstić information content (AvgIpc) is 2.55. The van der Waals surface area contributed by atoms with Crippen molar-refractivity contribution >= 4 is 11.8 Å². The number of halogens is 3. The SMILES string of the molecule is COc1ccc(CCC(=O)NCCNC(=O)C(F)(F)F)cc1OC. The van der Waals surface area contributed by atoms with E-state index in [0.29, 0.717) is 17.9 Å². The van der Waals surface area contributed by atoms with Crippen molar-refractivity contribution in [3.05, 3.63) is 23.8 Å². The minimum atomic E-state index is -4.92. The van der Waals surface area contributed by atoms with E-state index in [0.717, 1.165) is 5.56 Å². The Balaban J connectivity index is 2.33. The topological polar surface area (TPSA) is 76.7 Å². The van der Waals surface area contributed by atoms with Crippen LogP contribution in [0.15, 0.2) is 18.2 Å². The molecular weight excluding hydrogens is 329 g/mol. The Kier molecular flexibility index (Phi) is 7.34. The van der Waals surface area contributed by atoms with Crippen LogP contribution >= 0.6 is 0 Å². The van der Waals surface area contributed by atoms with Gasteiger partial charge in [0, 0.05) is 19.5 Å². The molecule has 1 rings (SSSR count). The van der Waals surface area contributed by atoms with Crippen molar-refractivity contribution in [1.29, 1.82) is 0 Å². The summed E-state index contributed by atoms with van der Waals surface area (Å²) in [6, 6.07) is 5.26. The van der Waals surface area contributed by atoms with Crippen molar-refractivity contribution in [1.82, 2.24) is 10.6 Å². The highest BCUT2D eigenvalue weighted by molar-refractivity contribution is 5.81. The van der Waals surface area contributed by atoms with E-state index in [9.17, 15) is 22.8 Å². The summed E-state index contributed by atoms with van der Waals surface area (Å²) in [5.74, 6) is -1.23. The Hall–Kier alpha value is -2.45. The second-order valence-corrected chi connectivity index (χ2v) is 4.79. The van der Waals surface area contributed by atoms with Gasteiger partial charge >= 0.3 is 12.1 Å². The molecule has 24 heavy (non-hydrogen) atoms. The van der Waals surface area contributed by atoms with Gasteiger partial charge in [0.05, 0.1) is 14.2 Å². The first-order chi connectivity index (χ1) is 11.3. The number of hydrogen-bond acceptors (Lipinski definition) is 4. The molecule has 2 amide bonds. The molecule has 9 heteroatoms. The zero-order chi connectivity index (χ0) is 18.2. The zero-order valence-corrected chi connectivity index (χ0v) is 13.3. The van der Waals surface area contributed by atoms with Crippen molar-refractivity contribution < 1.29 is 32.2 Å². The maximum Gasteiger partial charge on any atom is 0.471 e. The third-order valence-electron chi connectivity index (χ3n) is 3.08. The van der Waals surface area contributed by atoms with E-state index >= 15 is 0 Å². The van der Waals surface area contributed by atoms with Crippen molar-refractivity contribution in [2.45, 2.75) is 19.0 Å². The first kappa shape index (κ1) is 19.6. The first-order valence-corrected chi connectivity index (χ1v) is 7.10. The van der Waals surface area contributed by atoms with Crippen LogP contribution in [0, 0.1) is 0 Å². The Morgan fingerprint density at radius 1 is 1.04 bits per heavy atom. The molecular formula is C15H19F3N2O4. The first-order valence-electron chi connectivity index (χ1n) is 7.10. The van der Waals surface area contributed by atoms with E-state index in [1.165, 1.54) is 14.2 Å². The minimum Gasteiger partial charge on any atom is -0.493 e. The molecule has 0 radical (unpaired) electrons. The lowest BCUT2D eigenvalue weighted by Crippen LogP contribution is -2.41. The highest BCUT2D eigenvalue weighted by Gasteiger charge is 2.38. The normalized spacial score (nSPS) is 10.9. The third-order valence-corrected chi connectivity index (χ3v) is 3.08. The zero-order valence-electron chi connectivity index (χ0n) is 13.3. The van der Waals surface area contributed by atoms with E-state index in [2.05, 4.69) is 5.32 Å². The minimum absolute atomic E-state index is 0.0768. The van der Waals surface area contributed by atoms with Crippen LogP contribution < -0.4 is 20.1 Å². The van der Waals surface area contributed by atoms with Crippen LogP contribution in [-0.2, 0) is 16.0 Å². The van der Waals surface area contributed by atoms with Gasteiger partial charge < -0.3 is 20.1 Å². The lowest BCUT2D eigenvalue weighted by Gasteiger charge is -2.10. The van der Waals surface area contributed by atoms with Crippen molar-refractivity contribution in [2.24, 2.45) is 0 Å². The van der Waals surface area contributed by atoms with Gasteiger partial charge in [0.15, 0.2) is 11.5 Å². The fourth-order valence-corrected chi connectivity index (χ4v) is 1.86. The molecule has 0 aliphatic rings. The quantitative estimate of drug-likeness (QED) is 0.697. The van der Waals surface area contributed by atoms with E-state index < -0.39 is 12.1 Å². The highest BCUT2D eigenvalue weighted by atomic mass is 19.4. The van der Waals surface area contributed by atoms with Gasteiger partial charge in [0.1, 0.15) is 0 Å². The molecule has 2 N–H and O–H groups in total. The number of hydrogen-bond donors (Lipinski definition) is 2. The van der Waals surface area contributed by atoms with E-state index in [1.807, 2.05) is 0 Å². The van der Waals surface area contributed by atoms with Crippen LogP contribution in [0.4, 0.5) is 13.2 Å². The van der Waals surface area contributed by atoms with Crippen molar-refractivity contribution in [2.75, 3.05) is 27.3 Å². The summed E-state index contributed by atoms with van der Waals surface area (Å²) in [5, 5.41) is 4.10. The number of amides is 2. The van der Waals surface area contributed by atoms with Crippen LogP contribution in [0.1, 0.15) is 12.0 Å². The summed E-state index contributed by atoms with van der Waals surface area (Å²) in [6.07, 6.45) is -4.33. The molecule has 0 fully saturated rings. The molecule has 0 spiro atoms. The van der Waals surface area contributed by atoms with Crippen molar-refractivity contribution in [3.8, 4) is 11.5 Å². The molecule has 0 aliphatic carbocycles. The predicted molar refractivity (Wildman–Crippen MR) is 79.9 cm³/mol. The van der Waals surface area contributed by atoms with Gasteiger partial charge in [-0.1, -0.05) is 6.07 Å². The van der Waals surface area contributed by atoms with Crippen molar-refractivity contribution in [3.63, 3.8) is 0 Å². The number of carbonyl (C=O) groups excluding carboxylic acids is 2. The molecule has 0 aliphatic heterocycles. The smallest absolute Gasteiger partial charge is 0.471 e. The lowest BCUT2D eigenvalue weighted by atomic mass is 10.1. The molecule has 134 valence electrons. The third kappa shape index (κ3) is 6.35. The van der Waals surface area contributed by atoms with Crippen LogP contribution in [0.25, 0.3) is 0 Å². The van der Waals surface area contributed by atoms with E-state index in [4.69, 9.17) is 9.47 Å². The fraction of sp³-hybridized carbons (Fsp3) is 0.467. The number of methoxy groups -OCH3 is 2. The summed E-state index contributed by atoms with van der Waals surface area (Å²) in [4.78, 5) is 22.2.